The highest BCUT2D eigenvalue weighted by atomic mass is 16.5. The number of amides is 1. The first-order valence-electron chi connectivity index (χ1n) is 9.70. The Hall–Kier alpha value is -3.35. The van der Waals surface area contributed by atoms with Gasteiger partial charge < -0.3 is 19.3 Å². The van der Waals surface area contributed by atoms with E-state index in [1.165, 1.54) is 0 Å². The molecule has 1 aliphatic heterocycles. The third kappa shape index (κ3) is 4.23. The Labute approximate surface area is 169 Å². The summed E-state index contributed by atoms with van der Waals surface area (Å²) in [7, 11) is 1.62. The van der Waals surface area contributed by atoms with E-state index >= 15 is 0 Å². The molecule has 150 valence electrons. The van der Waals surface area contributed by atoms with Gasteiger partial charge in [-0.15, -0.1) is 0 Å². The summed E-state index contributed by atoms with van der Waals surface area (Å²) in [6, 6.07) is 15.1. The molecule has 7 heteroatoms. The molecule has 0 N–H and O–H groups in total. The van der Waals surface area contributed by atoms with Crippen LogP contribution in [0.3, 0.4) is 0 Å². The number of anilines is 1. The van der Waals surface area contributed by atoms with Gasteiger partial charge in [-0.05, 0) is 43.3 Å². The number of methoxy groups -OCH3 is 1. The summed E-state index contributed by atoms with van der Waals surface area (Å²) in [5.41, 5.74) is 1.76. The molecule has 2 aromatic carbocycles. The minimum atomic E-state index is -0.546. The van der Waals surface area contributed by atoms with Gasteiger partial charge in [0.2, 0.25) is 0 Å². The molecule has 2 heterocycles. The van der Waals surface area contributed by atoms with Crippen LogP contribution in [0.25, 0.3) is 11.0 Å². The van der Waals surface area contributed by atoms with E-state index < -0.39 is 6.10 Å². The summed E-state index contributed by atoms with van der Waals surface area (Å²) in [6.45, 7) is 4.48. The number of carbonyl (C=O) groups excluding carboxylic acids is 1. The average molecular weight is 392 g/mol. The zero-order chi connectivity index (χ0) is 20.2. The Balaban J connectivity index is 1.34. The van der Waals surface area contributed by atoms with Gasteiger partial charge >= 0.3 is 0 Å². The number of rotatable bonds is 5. The third-order valence-electron chi connectivity index (χ3n) is 5.07. The second-order valence-corrected chi connectivity index (χ2v) is 6.96. The predicted octanol–water partition coefficient (Wildman–Crippen LogP) is 2.75. The quantitative estimate of drug-likeness (QED) is 0.665. The van der Waals surface area contributed by atoms with Crippen molar-refractivity contribution in [3.63, 3.8) is 0 Å². The SMILES string of the molecule is COc1ccc(OC(C)C(=O)N2CCN(c3cnc4ccccc4n3)CC2)cc1. The lowest BCUT2D eigenvalue weighted by molar-refractivity contribution is -0.138. The minimum absolute atomic E-state index is 0.00920. The highest BCUT2D eigenvalue weighted by Gasteiger charge is 2.26. The molecule has 1 aliphatic rings. The van der Waals surface area contributed by atoms with Crippen LogP contribution in [0.1, 0.15) is 6.92 Å². The number of nitrogens with zero attached hydrogens (tertiary/aromatic N) is 4. The van der Waals surface area contributed by atoms with Crippen LogP contribution >= 0.6 is 0 Å². The van der Waals surface area contributed by atoms with Crippen LogP contribution in [0.5, 0.6) is 11.5 Å². The van der Waals surface area contributed by atoms with E-state index in [1.54, 1.807) is 32.4 Å². The van der Waals surface area contributed by atoms with Crippen LogP contribution in [-0.2, 0) is 4.79 Å². The van der Waals surface area contributed by atoms with Crippen molar-refractivity contribution >= 4 is 22.8 Å². The fraction of sp³-hybridized carbons (Fsp3) is 0.318. The fourth-order valence-corrected chi connectivity index (χ4v) is 3.42. The van der Waals surface area contributed by atoms with Crippen LogP contribution in [0.4, 0.5) is 5.82 Å². The Morgan fingerprint density at radius 1 is 0.966 bits per heavy atom. The van der Waals surface area contributed by atoms with Gasteiger partial charge in [0.1, 0.15) is 17.3 Å². The molecule has 0 bridgehead atoms. The van der Waals surface area contributed by atoms with E-state index in [2.05, 4.69) is 9.88 Å². The normalized spacial score (nSPS) is 15.2. The maximum atomic E-state index is 12.8. The van der Waals surface area contributed by atoms with Gasteiger partial charge in [0.05, 0.1) is 24.3 Å². The van der Waals surface area contributed by atoms with Crippen molar-refractivity contribution in [2.75, 3.05) is 38.2 Å². The molecule has 1 amide bonds. The first-order valence-corrected chi connectivity index (χ1v) is 9.70. The highest BCUT2D eigenvalue weighted by Crippen LogP contribution is 2.20. The van der Waals surface area contributed by atoms with E-state index in [0.717, 1.165) is 22.6 Å². The number of hydrogen-bond donors (Lipinski definition) is 0. The number of fused-ring (bicyclic) bond motifs is 1. The van der Waals surface area contributed by atoms with Crippen molar-refractivity contribution < 1.29 is 14.3 Å². The second-order valence-electron chi connectivity index (χ2n) is 6.96. The molecule has 0 spiro atoms. The number of carbonyl (C=O) groups is 1. The molecule has 3 aromatic rings. The lowest BCUT2D eigenvalue weighted by Gasteiger charge is -2.36. The number of aromatic nitrogens is 2. The smallest absolute Gasteiger partial charge is 0.263 e. The van der Waals surface area contributed by atoms with Gasteiger partial charge in [-0.25, -0.2) is 4.98 Å². The molecule has 29 heavy (non-hydrogen) atoms. The van der Waals surface area contributed by atoms with Crippen molar-refractivity contribution in [2.45, 2.75) is 13.0 Å². The van der Waals surface area contributed by atoms with E-state index in [0.29, 0.717) is 31.9 Å². The van der Waals surface area contributed by atoms with Crippen LogP contribution in [0.15, 0.2) is 54.7 Å². The van der Waals surface area contributed by atoms with Gasteiger partial charge in [-0.1, -0.05) is 12.1 Å². The molecule has 1 unspecified atom stereocenters. The molecular formula is C22H24N4O3. The molecule has 7 nitrogen and oxygen atoms in total. The molecule has 0 aliphatic carbocycles. The summed E-state index contributed by atoms with van der Waals surface area (Å²) < 4.78 is 10.9. The fourth-order valence-electron chi connectivity index (χ4n) is 3.42. The monoisotopic (exact) mass is 392 g/mol. The van der Waals surface area contributed by atoms with Crippen LogP contribution in [0, 0.1) is 0 Å². The third-order valence-corrected chi connectivity index (χ3v) is 5.07. The number of ether oxygens (including phenoxy) is 2. The predicted molar refractivity (Wildman–Crippen MR) is 111 cm³/mol. The summed E-state index contributed by atoms with van der Waals surface area (Å²) in [4.78, 5) is 26.0. The lowest BCUT2D eigenvalue weighted by atomic mass is 10.2. The minimum Gasteiger partial charge on any atom is -0.497 e. The summed E-state index contributed by atoms with van der Waals surface area (Å²) in [6.07, 6.45) is 1.25. The number of para-hydroxylation sites is 2. The van der Waals surface area contributed by atoms with Crippen molar-refractivity contribution in [3.05, 3.63) is 54.7 Å². The van der Waals surface area contributed by atoms with Gasteiger partial charge in [-0.2, -0.15) is 0 Å². The molecule has 1 fully saturated rings. The largest absolute Gasteiger partial charge is 0.497 e. The Morgan fingerprint density at radius 2 is 1.62 bits per heavy atom. The van der Waals surface area contributed by atoms with Gasteiger partial charge in [0.15, 0.2) is 6.10 Å². The maximum Gasteiger partial charge on any atom is 0.263 e. The first-order chi connectivity index (χ1) is 14.1. The molecule has 0 saturated carbocycles. The summed E-state index contributed by atoms with van der Waals surface area (Å²) in [5, 5.41) is 0. The topological polar surface area (TPSA) is 67.8 Å². The van der Waals surface area contributed by atoms with Gasteiger partial charge in [0.25, 0.3) is 5.91 Å². The van der Waals surface area contributed by atoms with Crippen molar-refractivity contribution in [3.8, 4) is 11.5 Å². The van der Waals surface area contributed by atoms with Gasteiger partial charge in [-0.3, -0.25) is 9.78 Å². The van der Waals surface area contributed by atoms with Crippen molar-refractivity contribution in [2.24, 2.45) is 0 Å². The molecule has 1 aromatic heterocycles. The molecule has 0 radical (unpaired) electrons. The molecule has 1 saturated heterocycles. The first kappa shape index (κ1) is 19.0. The lowest BCUT2D eigenvalue weighted by Crippen LogP contribution is -2.52. The number of piperazine rings is 1. The Bertz CT molecular complexity index is 985. The number of hydrogen-bond acceptors (Lipinski definition) is 6. The van der Waals surface area contributed by atoms with Crippen LogP contribution in [0.2, 0.25) is 0 Å². The average Bonchev–Trinajstić information content (AvgIpc) is 2.79. The van der Waals surface area contributed by atoms with Crippen LogP contribution in [-0.4, -0.2) is 60.2 Å². The zero-order valence-electron chi connectivity index (χ0n) is 16.6. The molecule has 1 atom stereocenters. The van der Waals surface area contributed by atoms with E-state index in [-0.39, 0.29) is 5.91 Å². The Kier molecular flexibility index (Phi) is 5.46. The standard InChI is InChI=1S/C22H24N4O3/c1-16(29-18-9-7-17(28-2)8-10-18)22(27)26-13-11-25(12-14-26)21-15-23-19-5-3-4-6-20(19)24-21/h3-10,15-16H,11-14H2,1-2H3. The molecule has 4 rings (SSSR count). The number of benzene rings is 2. The van der Waals surface area contributed by atoms with Gasteiger partial charge in [0, 0.05) is 26.2 Å². The van der Waals surface area contributed by atoms with E-state index in [1.807, 2.05) is 41.3 Å². The van der Waals surface area contributed by atoms with E-state index in [4.69, 9.17) is 14.5 Å². The summed E-state index contributed by atoms with van der Waals surface area (Å²) >= 11 is 0. The highest BCUT2D eigenvalue weighted by molar-refractivity contribution is 5.81. The molecular weight excluding hydrogens is 368 g/mol. The van der Waals surface area contributed by atoms with E-state index in [9.17, 15) is 4.79 Å². The summed E-state index contributed by atoms with van der Waals surface area (Å²) in [5.74, 6) is 2.24. The Morgan fingerprint density at radius 3 is 2.31 bits per heavy atom. The van der Waals surface area contributed by atoms with Crippen molar-refractivity contribution in [1.82, 2.24) is 14.9 Å². The zero-order valence-corrected chi connectivity index (χ0v) is 16.6. The second kappa shape index (κ2) is 8.34. The van der Waals surface area contributed by atoms with Crippen LogP contribution < -0.4 is 14.4 Å². The van der Waals surface area contributed by atoms with Crippen molar-refractivity contribution in [1.29, 1.82) is 0 Å². The maximum absolute atomic E-state index is 12.8.